The van der Waals surface area contributed by atoms with E-state index in [1.165, 1.54) is 0 Å². The minimum absolute atomic E-state index is 0.722. The van der Waals surface area contributed by atoms with Crippen LogP contribution in [0.3, 0.4) is 0 Å². The lowest BCUT2D eigenvalue weighted by Gasteiger charge is -2.06. The third-order valence-electron chi connectivity index (χ3n) is 3.05. The molecule has 0 aromatic rings. The summed E-state index contributed by atoms with van der Waals surface area (Å²) in [5.41, 5.74) is 6.57. The van der Waals surface area contributed by atoms with Crippen molar-refractivity contribution in [2.24, 2.45) is 20.2 Å². The quantitative estimate of drug-likeness (QED) is 0.435. The van der Waals surface area contributed by atoms with Gasteiger partial charge in [-0.3, -0.25) is 9.98 Å². The van der Waals surface area contributed by atoms with Gasteiger partial charge in [0.1, 0.15) is 0 Å². The maximum atomic E-state index is 4.36. The topological polar surface area (TPSA) is 97.6 Å². The third kappa shape index (κ3) is 6.24. The number of aliphatic imine (C=N–C) groups is 2. The molecule has 0 aromatic heterocycles. The number of nitrogens with zero attached hydrogens (tertiary/aromatic N) is 4. The maximum Gasteiger partial charge on any atom is 0.212 e. The van der Waals surface area contributed by atoms with Crippen LogP contribution in [0.2, 0.25) is 0 Å². The average Bonchev–Trinajstić information content (AvgIpc) is 2.90. The van der Waals surface area contributed by atoms with Gasteiger partial charge in [-0.2, -0.15) is 10.2 Å². The first kappa shape index (κ1) is 15.3. The summed E-state index contributed by atoms with van der Waals surface area (Å²) in [6.45, 7) is 5.41. The molecule has 0 fully saturated rings. The smallest absolute Gasteiger partial charge is 0.212 e. The average molecular weight is 292 g/mol. The second-order valence-electron chi connectivity index (χ2n) is 4.96. The van der Waals surface area contributed by atoms with Crippen LogP contribution in [0.25, 0.3) is 0 Å². The molecule has 2 heterocycles. The first-order valence-corrected chi connectivity index (χ1v) is 7.50. The van der Waals surface area contributed by atoms with Gasteiger partial charge in [0.05, 0.1) is 11.9 Å². The van der Waals surface area contributed by atoms with Crippen LogP contribution in [0.5, 0.6) is 0 Å². The standard InChI is InChI=1S/C13H24N8/c1-11(19-21-13-16-8-4-5-9-17-13)10-18-20-12-14-6-2-3-7-15-12/h10H,2-9H2,1H3,(H2,14,15,20)(H2,16,17,21)/b18-10+,19-11+. The predicted molar refractivity (Wildman–Crippen MR) is 86.9 cm³/mol. The van der Waals surface area contributed by atoms with Gasteiger partial charge in [-0.15, -0.1) is 0 Å². The largest absolute Gasteiger partial charge is 0.355 e. The molecular formula is C13H24N8. The maximum absolute atomic E-state index is 4.36. The zero-order chi connectivity index (χ0) is 14.8. The highest BCUT2D eigenvalue weighted by molar-refractivity contribution is 6.29. The Balaban J connectivity index is 1.75. The van der Waals surface area contributed by atoms with E-state index in [2.05, 4.69) is 41.7 Å². The molecule has 0 saturated heterocycles. The second kappa shape index (κ2) is 8.93. The van der Waals surface area contributed by atoms with Gasteiger partial charge >= 0.3 is 0 Å². The summed E-state index contributed by atoms with van der Waals surface area (Å²) in [6.07, 6.45) is 6.15. The van der Waals surface area contributed by atoms with Crippen molar-refractivity contribution >= 4 is 23.8 Å². The van der Waals surface area contributed by atoms with Crippen molar-refractivity contribution < 1.29 is 0 Å². The van der Waals surface area contributed by atoms with E-state index in [9.17, 15) is 0 Å². The molecule has 0 aromatic carbocycles. The normalized spacial score (nSPS) is 20.5. The number of hydrazone groups is 2. The molecule has 0 amide bonds. The van der Waals surface area contributed by atoms with Crippen molar-refractivity contribution in [2.45, 2.75) is 32.6 Å². The Morgan fingerprint density at radius 2 is 1.62 bits per heavy atom. The van der Waals surface area contributed by atoms with E-state index in [0.717, 1.165) is 69.5 Å². The van der Waals surface area contributed by atoms with Crippen LogP contribution in [0.4, 0.5) is 0 Å². The fourth-order valence-electron chi connectivity index (χ4n) is 1.89. The molecule has 0 bridgehead atoms. The van der Waals surface area contributed by atoms with E-state index in [1.54, 1.807) is 6.21 Å². The monoisotopic (exact) mass is 292 g/mol. The molecule has 8 heteroatoms. The molecule has 0 atom stereocenters. The van der Waals surface area contributed by atoms with E-state index in [-0.39, 0.29) is 0 Å². The summed E-state index contributed by atoms with van der Waals surface area (Å²) in [5.74, 6) is 1.45. The summed E-state index contributed by atoms with van der Waals surface area (Å²) in [5, 5.41) is 14.7. The highest BCUT2D eigenvalue weighted by atomic mass is 15.4. The molecule has 2 aliphatic heterocycles. The molecule has 0 unspecified atom stereocenters. The summed E-state index contributed by atoms with van der Waals surface area (Å²) < 4.78 is 0. The summed E-state index contributed by atoms with van der Waals surface area (Å²) >= 11 is 0. The molecule has 2 aliphatic rings. The van der Waals surface area contributed by atoms with Gasteiger partial charge in [0.2, 0.25) is 11.9 Å². The molecule has 0 saturated carbocycles. The van der Waals surface area contributed by atoms with Crippen LogP contribution < -0.4 is 21.5 Å². The van der Waals surface area contributed by atoms with Crippen molar-refractivity contribution in [2.75, 3.05) is 26.2 Å². The van der Waals surface area contributed by atoms with Crippen molar-refractivity contribution in [3.63, 3.8) is 0 Å². The first-order valence-electron chi connectivity index (χ1n) is 7.50. The van der Waals surface area contributed by atoms with Crippen LogP contribution in [0, 0.1) is 0 Å². The highest BCUT2D eigenvalue weighted by Crippen LogP contribution is 1.93. The third-order valence-corrected chi connectivity index (χ3v) is 3.05. The molecule has 2 rings (SSSR count). The van der Waals surface area contributed by atoms with Gasteiger partial charge in [0.25, 0.3) is 0 Å². The summed E-state index contributed by atoms with van der Waals surface area (Å²) in [4.78, 5) is 8.70. The van der Waals surface area contributed by atoms with Gasteiger partial charge in [-0.05, 0) is 32.6 Å². The van der Waals surface area contributed by atoms with Crippen molar-refractivity contribution in [1.82, 2.24) is 21.5 Å². The molecule has 0 aliphatic carbocycles. The fraction of sp³-hybridized carbons (Fsp3) is 0.692. The molecule has 4 N–H and O–H groups in total. The van der Waals surface area contributed by atoms with Gasteiger partial charge in [-0.25, -0.2) is 10.9 Å². The Kier molecular flexibility index (Phi) is 6.50. The van der Waals surface area contributed by atoms with E-state index in [0.29, 0.717) is 0 Å². The van der Waals surface area contributed by atoms with Crippen LogP contribution in [-0.4, -0.2) is 50.0 Å². The lowest BCUT2D eigenvalue weighted by molar-refractivity contribution is 0.744. The number of rotatable bonds is 3. The fourth-order valence-corrected chi connectivity index (χ4v) is 1.89. The SMILES string of the molecule is CC(/C=N/NC1=NCCCCN1)=N\NC1=NCCCCN1. The molecule has 116 valence electrons. The molecular weight excluding hydrogens is 268 g/mol. The van der Waals surface area contributed by atoms with Gasteiger partial charge in [0.15, 0.2) is 0 Å². The predicted octanol–water partition coefficient (Wildman–Crippen LogP) is 0.00610. The highest BCUT2D eigenvalue weighted by Gasteiger charge is 2.02. The second-order valence-corrected chi connectivity index (χ2v) is 4.96. The Morgan fingerprint density at radius 3 is 2.29 bits per heavy atom. The molecule has 21 heavy (non-hydrogen) atoms. The summed E-state index contributed by atoms with van der Waals surface area (Å²) in [7, 11) is 0. The molecule has 8 nitrogen and oxygen atoms in total. The van der Waals surface area contributed by atoms with Gasteiger partial charge < -0.3 is 10.6 Å². The van der Waals surface area contributed by atoms with E-state index >= 15 is 0 Å². The minimum Gasteiger partial charge on any atom is -0.355 e. The summed E-state index contributed by atoms with van der Waals surface area (Å²) in [6, 6.07) is 0. The van der Waals surface area contributed by atoms with Crippen molar-refractivity contribution in [3.8, 4) is 0 Å². The lowest BCUT2D eigenvalue weighted by Crippen LogP contribution is -2.35. The van der Waals surface area contributed by atoms with E-state index in [4.69, 9.17) is 0 Å². The van der Waals surface area contributed by atoms with Crippen LogP contribution in [-0.2, 0) is 0 Å². The lowest BCUT2D eigenvalue weighted by atomic mass is 10.3. The number of hydrogen-bond acceptors (Lipinski definition) is 8. The zero-order valence-corrected chi connectivity index (χ0v) is 12.5. The van der Waals surface area contributed by atoms with Gasteiger partial charge in [-0.1, -0.05) is 0 Å². The van der Waals surface area contributed by atoms with Crippen LogP contribution in [0.1, 0.15) is 32.6 Å². The Hall–Kier alpha value is -2.12. The zero-order valence-electron chi connectivity index (χ0n) is 12.5. The van der Waals surface area contributed by atoms with Crippen molar-refractivity contribution in [1.29, 1.82) is 0 Å². The first-order chi connectivity index (χ1) is 10.3. The Bertz CT molecular complexity index is 437. The van der Waals surface area contributed by atoms with Crippen molar-refractivity contribution in [3.05, 3.63) is 0 Å². The number of guanidine groups is 2. The number of hydrogen-bond donors (Lipinski definition) is 4. The molecule has 0 spiro atoms. The van der Waals surface area contributed by atoms with Gasteiger partial charge in [0, 0.05) is 26.2 Å². The minimum atomic E-state index is 0.722. The molecule has 0 radical (unpaired) electrons. The van der Waals surface area contributed by atoms with E-state index in [1.807, 2.05) is 6.92 Å². The van der Waals surface area contributed by atoms with Crippen LogP contribution in [0.15, 0.2) is 20.2 Å². The van der Waals surface area contributed by atoms with E-state index < -0.39 is 0 Å². The Labute approximate surface area is 125 Å². The Morgan fingerprint density at radius 1 is 1.00 bits per heavy atom. The van der Waals surface area contributed by atoms with Crippen LogP contribution >= 0.6 is 0 Å². The number of nitrogens with one attached hydrogen (secondary N) is 4.